The standard InChI is InChI=1S/C16H16/c1-16(2,3)15-11-7-10-14(12-15)13-8-5-4-6-9-13/h4-6,8-9,11-12H,1-3H3. The molecule has 2 aromatic rings. The van der Waals surface area contributed by atoms with Gasteiger partial charge in [0.15, 0.2) is 0 Å². The van der Waals surface area contributed by atoms with E-state index in [-0.39, 0.29) is 5.41 Å². The summed E-state index contributed by atoms with van der Waals surface area (Å²) in [5, 5.41) is 0. The fraction of sp³-hybridized carbons (Fsp3) is 0.250. The zero-order valence-electron chi connectivity index (χ0n) is 10.0. The van der Waals surface area contributed by atoms with Gasteiger partial charge < -0.3 is 0 Å². The van der Waals surface area contributed by atoms with Gasteiger partial charge in [-0.05, 0) is 46.4 Å². The van der Waals surface area contributed by atoms with Crippen LogP contribution in [0.15, 0.2) is 42.5 Å². The molecule has 0 aliphatic carbocycles. The molecule has 0 saturated carbocycles. The lowest BCUT2D eigenvalue weighted by Gasteiger charge is -2.19. The minimum absolute atomic E-state index is 0.162. The van der Waals surface area contributed by atoms with Crippen LogP contribution >= 0.6 is 0 Å². The zero-order chi connectivity index (χ0) is 11.6. The molecule has 0 saturated heterocycles. The second-order valence-corrected chi connectivity index (χ2v) is 5.04. The van der Waals surface area contributed by atoms with Crippen molar-refractivity contribution in [1.29, 1.82) is 0 Å². The summed E-state index contributed by atoms with van der Waals surface area (Å²) >= 11 is 0. The summed E-state index contributed by atoms with van der Waals surface area (Å²) in [4.78, 5) is 0. The van der Waals surface area contributed by atoms with Crippen molar-refractivity contribution in [1.82, 2.24) is 0 Å². The molecule has 0 heterocycles. The highest BCUT2D eigenvalue weighted by atomic mass is 14.2. The lowest BCUT2D eigenvalue weighted by molar-refractivity contribution is 0.590. The van der Waals surface area contributed by atoms with Gasteiger partial charge in [0.2, 0.25) is 0 Å². The van der Waals surface area contributed by atoms with E-state index in [2.05, 4.69) is 51.1 Å². The highest BCUT2D eigenvalue weighted by Crippen LogP contribution is 2.26. The molecule has 0 aliphatic heterocycles. The van der Waals surface area contributed by atoms with Gasteiger partial charge >= 0.3 is 0 Å². The highest BCUT2D eigenvalue weighted by molar-refractivity contribution is 5.63. The molecule has 2 aromatic carbocycles. The monoisotopic (exact) mass is 208 g/mol. The van der Waals surface area contributed by atoms with Crippen molar-refractivity contribution in [2.75, 3.05) is 0 Å². The van der Waals surface area contributed by atoms with Gasteiger partial charge in [-0.1, -0.05) is 51.1 Å². The number of hydrogen-bond donors (Lipinski definition) is 0. The van der Waals surface area contributed by atoms with Crippen molar-refractivity contribution < 1.29 is 0 Å². The Morgan fingerprint density at radius 1 is 1.00 bits per heavy atom. The van der Waals surface area contributed by atoms with Crippen LogP contribution in [0.4, 0.5) is 0 Å². The third-order valence-corrected chi connectivity index (χ3v) is 2.69. The molecule has 80 valence electrons. The second-order valence-electron chi connectivity index (χ2n) is 5.04. The van der Waals surface area contributed by atoms with Crippen LogP contribution in [0.1, 0.15) is 26.3 Å². The Labute approximate surface area is 97.9 Å². The Morgan fingerprint density at radius 2 is 1.69 bits per heavy atom. The predicted octanol–water partition coefficient (Wildman–Crippen LogP) is 4.25. The van der Waals surface area contributed by atoms with Crippen LogP contribution in [0.25, 0.3) is 11.1 Å². The van der Waals surface area contributed by atoms with Crippen molar-refractivity contribution in [3.63, 3.8) is 0 Å². The first kappa shape index (κ1) is 10.9. The first-order valence-electron chi connectivity index (χ1n) is 5.57. The van der Waals surface area contributed by atoms with Crippen LogP contribution in [0.2, 0.25) is 0 Å². The van der Waals surface area contributed by atoms with E-state index in [1.807, 2.05) is 24.3 Å². The maximum absolute atomic E-state index is 3.17. The van der Waals surface area contributed by atoms with Crippen LogP contribution in [0.3, 0.4) is 0 Å². The Balaban J connectivity index is 2.45. The molecule has 2 radical (unpaired) electrons. The Morgan fingerprint density at radius 3 is 2.31 bits per heavy atom. The molecule has 0 amide bonds. The smallest absolute Gasteiger partial charge is 0.00139 e. The third-order valence-electron chi connectivity index (χ3n) is 2.69. The summed E-state index contributed by atoms with van der Waals surface area (Å²) in [5.41, 5.74) is 3.78. The van der Waals surface area contributed by atoms with Gasteiger partial charge in [0, 0.05) is 0 Å². The van der Waals surface area contributed by atoms with Crippen LogP contribution in [0.5, 0.6) is 0 Å². The molecule has 0 aromatic heterocycles. The molecule has 0 bridgehead atoms. The molecule has 0 aliphatic rings. The largest absolute Gasteiger partial charge is 0.0622 e. The summed E-state index contributed by atoms with van der Waals surface area (Å²) in [6.45, 7) is 6.64. The Bertz CT molecular complexity index is 461. The topological polar surface area (TPSA) is 0 Å². The summed E-state index contributed by atoms with van der Waals surface area (Å²) in [7, 11) is 0. The van der Waals surface area contributed by atoms with Gasteiger partial charge in [0.25, 0.3) is 0 Å². The van der Waals surface area contributed by atoms with Crippen LogP contribution < -0.4 is 0 Å². The molecular weight excluding hydrogens is 192 g/mol. The highest BCUT2D eigenvalue weighted by Gasteiger charge is 2.13. The zero-order valence-corrected chi connectivity index (χ0v) is 10.0. The predicted molar refractivity (Wildman–Crippen MR) is 68.3 cm³/mol. The molecule has 0 heteroatoms. The quantitative estimate of drug-likeness (QED) is 0.657. The van der Waals surface area contributed by atoms with Gasteiger partial charge in [-0.15, -0.1) is 0 Å². The van der Waals surface area contributed by atoms with Crippen molar-refractivity contribution in [3.05, 3.63) is 60.2 Å². The van der Waals surface area contributed by atoms with E-state index in [9.17, 15) is 0 Å². The van der Waals surface area contributed by atoms with Gasteiger partial charge in [-0.3, -0.25) is 0 Å². The summed E-state index contributed by atoms with van der Waals surface area (Å²) in [5.74, 6) is 0. The van der Waals surface area contributed by atoms with E-state index in [0.717, 1.165) is 5.56 Å². The minimum atomic E-state index is 0.162. The first-order valence-corrected chi connectivity index (χ1v) is 5.57. The fourth-order valence-electron chi connectivity index (χ4n) is 1.63. The second kappa shape index (κ2) is 4.13. The van der Waals surface area contributed by atoms with Crippen molar-refractivity contribution in [3.8, 4) is 11.1 Å². The van der Waals surface area contributed by atoms with Crippen LogP contribution in [-0.2, 0) is 5.41 Å². The normalized spacial score (nSPS) is 11.4. The molecule has 0 N–H and O–H groups in total. The molecule has 2 rings (SSSR count). The number of hydrogen-bond acceptors (Lipinski definition) is 0. The van der Waals surface area contributed by atoms with Crippen molar-refractivity contribution in [2.45, 2.75) is 26.2 Å². The maximum Gasteiger partial charge on any atom is -0.00139 e. The lowest BCUT2D eigenvalue weighted by Crippen LogP contribution is -2.10. The minimum Gasteiger partial charge on any atom is -0.0622 e. The van der Waals surface area contributed by atoms with Crippen molar-refractivity contribution >= 4 is 0 Å². The summed E-state index contributed by atoms with van der Waals surface area (Å²) in [6, 6.07) is 20.8. The number of rotatable bonds is 1. The molecule has 0 atom stereocenters. The number of benzene rings is 2. The maximum atomic E-state index is 3.17. The average Bonchev–Trinajstić information content (AvgIpc) is 2.29. The molecule has 0 fully saturated rings. The SMILES string of the molecule is CC(C)(C)c1c[c][c]c(-c2ccccc2)c1. The van der Waals surface area contributed by atoms with Gasteiger partial charge in [0.05, 0.1) is 0 Å². The van der Waals surface area contributed by atoms with Crippen LogP contribution in [-0.4, -0.2) is 0 Å². The van der Waals surface area contributed by atoms with Gasteiger partial charge in [-0.25, -0.2) is 0 Å². The van der Waals surface area contributed by atoms with E-state index in [4.69, 9.17) is 0 Å². The third kappa shape index (κ3) is 2.33. The van der Waals surface area contributed by atoms with Gasteiger partial charge in [-0.2, -0.15) is 0 Å². The van der Waals surface area contributed by atoms with E-state index in [0.29, 0.717) is 0 Å². The van der Waals surface area contributed by atoms with Crippen molar-refractivity contribution in [2.24, 2.45) is 0 Å². The van der Waals surface area contributed by atoms with E-state index >= 15 is 0 Å². The summed E-state index contributed by atoms with van der Waals surface area (Å²) in [6.07, 6.45) is 0. The summed E-state index contributed by atoms with van der Waals surface area (Å²) < 4.78 is 0. The van der Waals surface area contributed by atoms with E-state index in [1.54, 1.807) is 0 Å². The Hall–Kier alpha value is -1.56. The van der Waals surface area contributed by atoms with Gasteiger partial charge in [0.1, 0.15) is 0 Å². The molecule has 0 spiro atoms. The van der Waals surface area contributed by atoms with Crippen LogP contribution in [0, 0.1) is 12.1 Å². The average molecular weight is 208 g/mol. The Kier molecular flexibility index (Phi) is 2.82. The van der Waals surface area contributed by atoms with E-state index in [1.165, 1.54) is 11.1 Å². The molecule has 16 heavy (non-hydrogen) atoms. The molecule has 0 unspecified atom stereocenters. The van der Waals surface area contributed by atoms with E-state index < -0.39 is 0 Å². The lowest BCUT2D eigenvalue weighted by atomic mass is 9.85. The first-order chi connectivity index (χ1) is 7.57. The molecular formula is C16H16. The fourth-order valence-corrected chi connectivity index (χ4v) is 1.63. The molecule has 0 nitrogen and oxygen atoms in total.